The van der Waals surface area contributed by atoms with Gasteiger partial charge in [-0.2, -0.15) is 0 Å². The Hall–Kier alpha value is -1.25. The summed E-state index contributed by atoms with van der Waals surface area (Å²) in [6.45, 7) is 2.05. The molecule has 0 bridgehead atoms. The van der Waals surface area contributed by atoms with Crippen molar-refractivity contribution in [2.75, 3.05) is 12.3 Å². The number of rotatable bonds is 6. The lowest BCUT2D eigenvalue weighted by Gasteiger charge is -2.44. The van der Waals surface area contributed by atoms with E-state index in [1.54, 1.807) is 6.92 Å². The number of carboxylic acid groups (broad SMARTS) is 1. The van der Waals surface area contributed by atoms with Crippen LogP contribution in [-0.4, -0.2) is 57.8 Å². The maximum Gasteiger partial charge on any atom is 0.353 e. The molecule has 0 spiro atoms. The van der Waals surface area contributed by atoms with Crippen LogP contribution in [0.1, 0.15) is 13.3 Å². The Bertz CT molecular complexity index is 495. The molecule has 0 radical (unpaired) electrons. The van der Waals surface area contributed by atoms with Gasteiger partial charge in [0.2, 0.25) is 5.91 Å². The van der Waals surface area contributed by atoms with Crippen LogP contribution in [0.2, 0.25) is 0 Å². The highest BCUT2D eigenvalue weighted by atomic mass is 35.5. The molecule has 1 fully saturated rings. The zero-order valence-corrected chi connectivity index (χ0v) is 13.1. The second-order valence-corrected chi connectivity index (χ2v) is 5.92. The molecular weight excluding hydrogens is 318 g/mol. The van der Waals surface area contributed by atoms with Gasteiger partial charge in [0.1, 0.15) is 5.70 Å². The van der Waals surface area contributed by atoms with Crippen molar-refractivity contribution in [2.45, 2.75) is 25.5 Å². The smallest absolute Gasteiger partial charge is 0.353 e. The lowest BCUT2D eigenvalue weighted by molar-refractivity contribution is -0.161. The van der Waals surface area contributed by atoms with Crippen molar-refractivity contribution in [3.05, 3.63) is 10.6 Å². The van der Waals surface area contributed by atoms with E-state index in [4.69, 9.17) is 5.73 Å². The molecule has 118 valence electrons. The minimum atomic E-state index is -1.10. The Morgan fingerprint density at radius 2 is 2.33 bits per heavy atom. The summed E-state index contributed by atoms with van der Waals surface area (Å²) in [5.74, 6) is -1.30. The lowest BCUT2D eigenvalue weighted by atomic mass is 9.83. The van der Waals surface area contributed by atoms with Crippen molar-refractivity contribution in [3.8, 4) is 0 Å². The topological polar surface area (TPSA) is 116 Å². The standard InChI is InChI=1S/C12H17N3O4S.ClH/c1-6(16)9-7-4-8(20-3-2-14-5-13)10(12(18)19)15(7)11(9)17;/h5-7,9,16H,2-4H2,1H3,(H2,13,14)(H,18,19);1H/t6-,7-,9-;/m1./s1. The van der Waals surface area contributed by atoms with Crippen LogP contribution in [-0.2, 0) is 9.59 Å². The number of nitrogens with two attached hydrogens (primary N) is 1. The third-order valence-corrected chi connectivity index (χ3v) is 4.59. The van der Waals surface area contributed by atoms with E-state index in [1.807, 2.05) is 0 Å². The number of β-lactam (4-membered cyclic amide) rings is 1. The molecule has 1 saturated heterocycles. The first kappa shape index (κ1) is 17.8. The number of carboxylic acids is 1. The molecule has 0 aliphatic carbocycles. The molecule has 4 N–H and O–H groups in total. The zero-order chi connectivity index (χ0) is 14.9. The van der Waals surface area contributed by atoms with E-state index < -0.39 is 18.0 Å². The first-order valence-electron chi connectivity index (χ1n) is 6.29. The highest BCUT2D eigenvalue weighted by Crippen LogP contribution is 2.46. The van der Waals surface area contributed by atoms with Crippen LogP contribution in [0.15, 0.2) is 15.6 Å². The number of thioether (sulfide) groups is 1. The lowest BCUT2D eigenvalue weighted by Crippen LogP contribution is -2.61. The van der Waals surface area contributed by atoms with Crippen LogP contribution < -0.4 is 5.73 Å². The number of hydrogen-bond acceptors (Lipinski definition) is 5. The number of carbonyl (C=O) groups excluding carboxylic acids is 1. The average Bonchev–Trinajstić information content (AvgIpc) is 2.69. The molecule has 0 saturated carbocycles. The fourth-order valence-corrected chi connectivity index (χ4v) is 3.71. The molecule has 3 atom stereocenters. The van der Waals surface area contributed by atoms with Gasteiger partial charge in [-0.15, -0.1) is 24.2 Å². The molecule has 2 aliphatic rings. The van der Waals surface area contributed by atoms with Gasteiger partial charge >= 0.3 is 5.97 Å². The Morgan fingerprint density at radius 3 is 2.86 bits per heavy atom. The quantitative estimate of drug-likeness (QED) is 0.273. The van der Waals surface area contributed by atoms with Crippen molar-refractivity contribution >= 4 is 42.4 Å². The number of halogens is 1. The van der Waals surface area contributed by atoms with Crippen LogP contribution in [0.5, 0.6) is 0 Å². The number of aliphatic imine (C=N–C) groups is 1. The molecule has 0 aromatic carbocycles. The van der Waals surface area contributed by atoms with Crippen molar-refractivity contribution < 1.29 is 19.8 Å². The van der Waals surface area contributed by atoms with Crippen LogP contribution >= 0.6 is 24.2 Å². The summed E-state index contributed by atoms with van der Waals surface area (Å²) in [7, 11) is 0. The van der Waals surface area contributed by atoms with Gasteiger partial charge in [-0.05, 0) is 6.92 Å². The number of carbonyl (C=O) groups is 2. The summed E-state index contributed by atoms with van der Waals surface area (Å²) in [4.78, 5) is 29.1. The van der Waals surface area contributed by atoms with E-state index >= 15 is 0 Å². The number of aliphatic hydroxyl groups excluding tert-OH is 1. The highest BCUT2D eigenvalue weighted by Gasteiger charge is 2.56. The van der Waals surface area contributed by atoms with E-state index in [1.165, 1.54) is 23.0 Å². The second-order valence-electron chi connectivity index (χ2n) is 4.73. The summed E-state index contributed by atoms with van der Waals surface area (Å²) in [6, 6.07) is -0.228. The summed E-state index contributed by atoms with van der Waals surface area (Å²) < 4.78 is 0. The average molecular weight is 336 g/mol. The second kappa shape index (κ2) is 7.15. The molecule has 0 unspecified atom stereocenters. The third kappa shape index (κ3) is 3.17. The van der Waals surface area contributed by atoms with Crippen LogP contribution in [0.3, 0.4) is 0 Å². The Balaban J connectivity index is 0.00000220. The molecular formula is C12H18ClN3O4S. The SMILES string of the molecule is C[C@@H](O)[C@H]1C(=O)N2C(C(=O)O)=C(SCCN=CN)C[C@H]12.Cl. The number of fused-ring (bicyclic) bond motifs is 1. The molecule has 2 heterocycles. The molecule has 0 aromatic rings. The molecule has 1 amide bonds. The molecule has 2 aliphatic heterocycles. The monoisotopic (exact) mass is 335 g/mol. The van der Waals surface area contributed by atoms with Crippen LogP contribution in [0, 0.1) is 5.92 Å². The number of aliphatic carboxylic acids is 1. The Kier molecular flexibility index (Phi) is 6.06. The van der Waals surface area contributed by atoms with Crippen LogP contribution in [0.25, 0.3) is 0 Å². The van der Waals surface area contributed by atoms with E-state index in [9.17, 15) is 19.8 Å². The van der Waals surface area contributed by atoms with E-state index in [0.29, 0.717) is 23.6 Å². The maximum atomic E-state index is 11.9. The van der Waals surface area contributed by atoms with Gasteiger partial charge in [-0.25, -0.2) is 4.79 Å². The van der Waals surface area contributed by atoms with E-state index in [2.05, 4.69) is 4.99 Å². The molecule has 21 heavy (non-hydrogen) atoms. The highest BCUT2D eigenvalue weighted by molar-refractivity contribution is 8.03. The predicted octanol–water partition coefficient (Wildman–Crippen LogP) is 0.0361. The fraction of sp³-hybridized carbons (Fsp3) is 0.583. The van der Waals surface area contributed by atoms with Gasteiger partial charge in [-0.1, -0.05) is 0 Å². The normalized spacial score (nSPS) is 25.6. The van der Waals surface area contributed by atoms with Gasteiger partial charge in [0.05, 0.1) is 30.9 Å². The summed E-state index contributed by atoms with van der Waals surface area (Å²) in [5, 5.41) is 18.9. The van der Waals surface area contributed by atoms with Gasteiger partial charge in [0, 0.05) is 17.1 Å². The molecule has 2 rings (SSSR count). The molecule has 9 heteroatoms. The molecule has 7 nitrogen and oxygen atoms in total. The number of hydrogen-bond donors (Lipinski definition) is 3. The summed E-state index contributed by atoms with van der Waals surface area (Å²) in [6.07, 6.45) is 0.937. The van der Waals surface area contributed by atoms with Gasteiger partial charge < -0.3 is 20.8 Å². The van der Waals surface area contributed by atoms with Crippen molar-refractivity contribution in [2.24, 2.45) is 16.6 Å². The number of amides is 1. The van der Waals surface area contributed by atoms with Crippen molar-refractivity contribution in [1.82, 2.24) is 4.90 Å². The predicted molar refractivity (Wildman–Crippen MR) is 82.3 cm³/mol. The zero-order valence-electron chi connectivity index (χ0n) is 11.4. The van der Waals surface area contributed by atoms with Crippen LogP contribution in [0.4, 0.5) is 0 Å². The number of aliphatic hydroxyl groups is 1. The number of nitrogens with zero attached hydrogens (tertiary/aromatic N) is 2. The van der Waals surface area contributed by atoms with Gasteiger partial charge in [-0.3, -0.25) is 9.79 Å². The maximum absolute atomic E-state index is 11.9. The first-order valence-corrected chi connectivity index (χ1v) is 7.28. The summed E-state index contributed by atoms with van der Waals surface area (Å²) in [5.41, 5.74) is 5.19. The first-order chi connectivity index (χ1) is 9.49. The van der Waals surface area contributed by atoms with E-state index in [0.717, 1.165) is 0 Å². The Morgan fingerprint density at radius 1 is 1.67 bits per heavy atom. The fourth-order valence-electron chi connectivity index (χ4n) is 2.66. The minimum Gasteiger partial charge on any atom is -0.477 e. The Labute approximate surface area is 132 Å². The summed E-state index contributed by atoms with van der Waals surface area (Å²) >= 11 is 1.38. The van der Waals surface area contributed by atoms with Gasteiger partial charge in [0.25, 0.3) is 0 Å². The van der Waals surface area contributed by atoms with Crippen molar-refractivity contribution in [1.29, 1.82) is 0 Å². The van der Waals surface area contributed by atoms with Gasteiger partial charge in [0.15, 0.2) is 0 Å². The third-order valence-electron chi connectivity index (χ3n) is 3.49. The molecule has 0 aromatic heterocycles. The minimum absolute atomic E-state index is 0. The van der Waals surface area contributed by atoms with Crippen molar-refractivity contribution in [3.63, 3.8) is 0 Å². The largest absolute Gasteiger partial charge is 0.477 e. The van der Waals surface area contributed by atoms with E-state index in [-0.39, 0.29) is 30.1 Å².